The van der Waals surface area contributed by atoms with Crippen molar-refractivity contribution < 1.29 is 9.47 Å². The summed E-state index contributed by atoms with van der Waals surface area (Å²) in [5, 5.41) is 7.18. The van der Waals surface area contributed by atoms with Crippen LogP contribution in [-0.4, -0.2) is 45.9 Å². The standard InChI is InChI=1S/C14H21Cl2N3O2.HI/c1-3-20-9-7-18-14(17-2)19-8-10-21-12-6-4-5-11(15)13(12)16;/h4-6H,3,7-10H2,1-2H3,(H2,17,18,19);1H. The molecule has 2 N–H and O–H groups in total. The Kier molecular flexibility index (Phi) is 12.8. The van der Waals surface area contributed by atoms with Crippen LogP contribution < -0.4 is 15.4 Å². The third-order valence-corrected chi connectivity index (χ3v) is 3.34. The van der Waals surface area contributed by atoms with Crippen LogP contribution in [-0.2, 0) is 4.74 Å². The summed E-state index contributed by atoms with van der Waals surface area (Å²) in [5.74, 6) is 1.28. The van der Waals surface area contributed by atoms with Gasteiger partial charge in [-0.3, -0.25) is 4.99 Å². The highest BCUT2D eigenvalue weighted by atomic mass is 127. The van der Waals surface area contributed by atoms with E-state index in [1.54, 1.807) is 25.2 Å². The zero-order valence-corrected chi connectivity index (χ0v) is 16.5. The lowest BCUT2D eigenvalue weighted by atomic mass is 10.3. The molecule has 0 spiro atoms. The molecule has 0 aliphatic rings. The van der Waals surface area contributed by atoms with Crippen LogP contribution in [0.1, 0.15) is 6.92 Å². The van der Waals surface area contributed by atoms with Crippen LogP contribution in [0.15, 0.2) is 23.2 Å². The smallest absolute Gasteiger partial charge is 0.191 e. The molecule has 126 valence electrons. The molecule has 0 heterocycles. The molecular formula is C14H22Cl2IN3O2. The largest absolute Gasteiger partial charge is 0.490 e. The number of guanidine groups is 1. The average molecular weight is 462 g/mol. The highest BCUT2D eigenvalue weighted by Crippen LogP contribution is 2.31. The molecule has 1 rings (SSSR count). The summed E-state index contributed by atoms with van der Waals surface area (Å²) in [6.07, 6.45) is 0. The summed E-state index contributed by atoms with van der Waals surface area (Å²) < 4.78 is 10.8. The van der Waals surface area contributed by atoms with Gasteiger partial charge in [-0.25, -0.2) is 0 Å². The zero-order chi connectivity index (χ0) is 15.5. The first-order valence-electron chi connectivity index (χ1n) is 6.78. The highest BCUT2D eigenvalue weighted by molar-refractivity contribution is 14.0. The van der Waals surface area contributed by atoms with Gasteiger partial charge >= 0.3 is 0 Å². The normalized spacial score (nSPS) is 10.8. The third kappa shape index (κ3) is 8.26. The second-order valence-electron chi connectivity index (χ2n) is 4.02. The van der Waals surface area contributed by atoms with Gasteiger partial charge in [0.25, 0.3) is 0 Å². The second kappa shape index (κ2) is 13.0. The van der Waals surface area contributed by atoms with Crippen LogP contribution in [0.25, 0.3) is 0 Å². The van der Waals surface area contributed by atoms with Crippen LogP contribution in [0.3, 0.4) is 0 Å². The number of hydrogen-bond donors (Lipinski definition) is 2. The van der Waals surface area contributed by atoms with Crippen molar-refractivity contribution in [3.63, 3.8) is 0 Å². The van der Waals surface area contributed by atoms with E-state index in [9.17, 15) is 0 Å². The Hall–Kier alpha value is -0.440. The monoisotopic (exact) mass is 461 g/mol. The second-order valence-corrected chi connectivity index (χ2v) is 4.81. The topological polar surface area (TPSA) is 54.9 Å². The molecule has 0 amide bonds. The molecule has 0 unspecified atom stereocenters. The predicted octanol–water partition coefficient (Wildman–Crippen LogP) is 3.19. The summed E-state index contributed by atoms with van der Waals surface area (Å²) >= 11 is 11.9. The van der Waals surface area contributed by atoms with E-state index in [0.717, 1.165) is 0 Å². The van der Waals surface area contributed by atoms with Crippen molar-refractivity contribution in [3.05, 3.63) is 28.2 Å². The third-order valence-electron chi connectivity index (χ3n) is 2.53. The van der Waals surface area contributed by atoms with Crippen LogP contribution in [0, 0.1) is 0 Å². The Labute approximate surface area is 158 Å². The summed E-state index contributed by atoms with van der Waals surface area (Å²) in [6, 6.07) is 5.30. The van der Waals surface area contributed by atoms with Crippen LogP contribution in [0.5, 0.6) is 5.75 Å². The molecule has 0 fully saturated rings. The lowest BCUT2D eigenvalue weighted by Crippen LogP contribution is -2.40. The van der Waals surface area contributed by atoms with E-state index in [0.29, 0.717) is 54.7 Å². The summed E-state index contributed by atoms with van der Waals surface area (Å²) in [6.45, 7) is 5.07. The molecule has 0 aliphatic heterocycles. The van der Waals surface area contributed by atoms with E-state index in [-0.39, 0.29) is 24.0 Å². The molecule has 0 aromatic heterocycles. The minimum absolute atomic E-state index is 0. The summed E-state index contributed by atoms with van der Waals surface area (Å²) in [5.41, 5.74) is 0. The number of ether oxygens (including phenoxy) is 2. The van der Waals surface area contributed by atoms with E-state index in [1.165, 1.54) is 0 Å². The fraction of sp³-hybridized carbons (Fsp3) is 0.500. The fourth-order valence-corrected chi connectivity index (χ4v) is 1.88. The minimum atomic E-state index is 0. The maximum absolute atomic E-state index is 6.03. The molecular weight excluding hydrogens is 440 g/mol. The maximum Gasteiger partial charge on any atom is 0.191 e. The Morgan fingerprint density at radius 1 is 1.18 bits per heavy atom. The van der Waals surface area contributed by atoms with Crippen molar-refractivity contribution in [2.45, 2.75) is 6.92 Å². The van der Waals surface area contributed by atoms with Crippen molar-refractivity contribution in [3.8, 4) is 5.75 Å². The van der Waals surface area contributed by atoms with Crippen molar-refractivity contribution in [2.24, 2.45) is 4.99 Å². The van der Waals surface area contributed by atoms with Gasteiger partial charge in [0, 0.05) is 20.2 Å². The van der Waals surface area contributed by atoms with Crippen LogP contribution >= 0.6 is 47.2 Å². The van der Waals surface area contributed by atoms with Gasteiger partial charge in [0.05, 0.1) is 18.2 Å². The first-order valence-corrected chi connectivity index (χ1v) is 7.53. The van der Waals surface area contributed by atoms with E-state index >= 15 is 0 Å². The molecule has 22 heavy (non-hydrogen) atoms. The molecule has 0 aliphatic carbocycles. The number of nitrogens with zero attached hydrogens (tertiary/aromatic N) is 1. The lowest BCUT2D eigenvalue weighted by molar-refractivity contribution is 0.152. The van der Waals surface area contributed by atoms with Gasteiger partial charge in [-0.2, -0.15) is 0 Å². The van der Waals surface area contributed by atoms with Crippen LogP contribution in [0.4, 0.5) is 0 Å². The van der Waals surface area contributed by atoms with Gasteiger partial charge < -0.3 is 20.1 Å². The fourth-order valence-electron chi connectivity index (χ4n) is 1.53. The number of hydrogen-bond acceptors (Lipinski definition) is 3. The quantitative estimate of drug-likeness (QED) is 0.270. The molecule has 0 radical (unpaired) electrons. The van der Waals surface area contributed by atoms with E-state index in [1.807, 2.05) is 6.92 Å². The number of nitrogens with one attached hydrogen (secondary N) is 2. The van der Waals surface area contributed by atoms with Gasteiger partial charge in [-0.05, 0) is 19.1 Å². The van der Waals surface area contributed by atoms with E-state index in [4.69, 9.17) is 32.7 Å². The van der Waals surface area contributed by atoms with Crippen molar-refractivity contribution in [1.82, 2.24) is 10.6 Å². The number of halogens is 3. The lowest BCUT2D eigenvalue weighted by Gasteiger charge is -2.13. The highest BCUT2D eigenvalue weighted by Gasteiger charge is 2.05. The van der Waals surface area contributed by atoms with Gasteiger partial charge in [0.1, 0.15) is 17.4 Å². The number of rotatable bonds is 8. The zero-order valence-electron chi connectivity index (χ0n) is 12.7. The van der Waals surface area contributed by atoms with Crippen molar-refractivity contribution >= 4 is 53.1 Å². The van der Waals surface area contributed by atoms with Crippen molar-refractivity contribution in [2.75, 3.05) is 40.0 Å². The SMILES string of the molecule is CCOCCNC(=NC)NCCOc1cccc(Cl)c1Cl.I. The number of aliphatic imine (C=N–C) groups is 1. The first-order chi connectivity index (χ1) is 10.2. The Balaban J connectivity index is 0.00000441. The van der Waals surface area contributed by atoms with E-state index < -0.39 is 0 Å². The Morgan fingerprint density at radius 2 is 1.86 bits per heavy atom. The predicted molar refractivity (Wildman–Crippen MR) is 103 cm³/mol. The average Bonchev–Trinajstić information content (AvgIpc) is 2.49. The molecule has 5 nitrogen and oxygen atoms in total. The first kappa shape index (κ1) is 21.6. The molecule has 0 saturated heterocycles. The van der Waals surface area contributed by atoms with Gasteiger partial charge in [-0.15, -0.1) is 24.0 Å². The summed E-state index contributed by atoms with van der Waals surface area (Å²) in [7, 11) is 1.71. The van der Waals surface area contributed by atoms with Crippen LogP contribution in [0.2, 0.25) is 10.0 Å². The molecule has 0 saturated carbocycles. The summed E-state index contributed by atoms with van der Waals surface area (Å²) in [4.78, 5) is 4.10. The molecule has 1 aromatic carbocycles. The van der Waals surface area contributed by atoms with Gasteiger partial charge in [0.2, 0.25) is 0 Å². The maximum atomic E-state index is 6.03. The van der Waals surface area contributed by atoms with Gasteiger partial charge in [-0.1, -0.05) is 29.3 Å². The molecule has 1 aromatic rings. The minimum Gasteiger partial charge on any atom is -0.490 e. The molecule has 0 atom stereocenters. The Bertz CT molecular complexity index is 462. The van der Waals surface area contributed by atoms with Crippen molar-refractivity contribution in [1.29, 1.82) is 0 Å². The Morgan fingerprint density at radius 3 is 2.50 bits per heavy atom. The number of benzene rings is 1. The van der Waals surface area contributed by atoms with E-state index in [2.05, 4.69) is 15.6 Å². The molecule has 8 heteroatoms. The van der Waals surface area contributed by atoms with Gasteiger partial charge in [0.15, 0.2) is 5.96 Å². The molecule has 0 bridgehead atoms.